The number of carboxylic acids is 1. The topological polar surface area (TPSA) is 40.1 Å². The number of nitrogens with zero attached hydrogens (tertiary/aromatic N) is 1. The molecule has 0 unspecified atom stereocenters. The van der Waals surface area contributed by atoms with E-state index in [0.717, 1.165) is 15.3 Å². The van der Waals surface area contributed by atoms with Gasteiger partial charge in [-0.05, 0) is 22.4 Å². The van der Waals surface area contributed by atoms with E-state index in [9.17, 15) is 9.90 Å². The van der Waals surface area contributed by atoms with Crippen LogP contribution in [0.2, 0.25) is 0 Å². The van der Waals surface area contributed by atoms with E-state index in [-0.39, 0.29) is 5.56 Å². The van der Waals surface area contributed by atoms with E-state index in [0.29, 0.717) is 0 Å². The van der Waals surface area contributed by atoms with Crippen LogP contribution in [-0.4, -0.2) is 38.6 Å². The highest BCUT2D eigenvalue weighted by Crippen LogP contribution is 2.14. The normalized spacial score (nSPS) is 10.7. The zero-order chi connectivity index (χ0) is 13.8. The molecule has 2 aromatic rings. The summed E-state index contributed by atoms with van der Waals surface area (Å²) in [6.07, 6.45) is 0. The van der Waals surface area contributed by atoms with Crippen LogP contribution in [-0.2, 0) is 0 Å². The van der Waals surface area contributed by atoms with E-state index < -0.39 is 5.97 Å². The van der Waals surface area contributed by atoms with Gasteiger partial charge in [0, 0.05) is 0 Å². The van der Waals surface area contributed by atoms with Crippen LogP contribution in [0.4, 0.5) is 0 Å². The summed E-state index contributed by atoms with van der Waals surface area (Å²) in [5, 5.41) is 12.5. The maximum Gasteiger partial charge on any atom is 0.0715 e. The Labute approximate surface area is 108 Å². The molecule has 0 atom stereocenters. The highest BCUT2D eigenvalue weighted by molar-refractivity contribution is 5.93. The molecule has 0 spiro atoms. The fourth-order valence-corrected chi connectivity index (χ4v) is 1.32. The van der Waals surface area contributed by atoms with Gasteiger partial charge in [-0.15, -0.1) is 0 Å². The number of quaternary nitrogens is 1. The number of rotatable bonds is 1. The molecule has 3 heteroatoms. The van der Waals surface area contributed by atoms with Crippen molar-refractivity contribution in [3.8, 4) is 0 Å². The highest BCUT2D eigenvalue weighted by Gasteiger charge is 1.95. The number of hydrogen-bond acceptors (Lipinski definition) is 2. The van der Waals surface area contributed by atoms with Crippen LogP contribution in [0.1, 0.15) is 10.4 Å². The summed E-state index contributed by atoms with van der Waals surface area (Å²) in [5.41, 5.74) is 0.221. The average molecular weight is 245 g/mol. The second kappa shape index (κ2) is 5.65. The maximum absolute atomic E-state index is 10.5. The number of hydrogen-bond donors (Lipinski definition) is 0. The molecule has 2 aromatic carbocycles. The summed E-state index contributed by atoms with van der Waals surface area (Å²) in [6.45, 7) is 0. The molecule has 0 N–H and O–H groups in total. The lowest BCUT2D eigenvalue weighted by molar-refractivity contribution is -0.849. The molecule has 0 radical (unpaired) electrons. The zero-order valence-corrected chi connectivity index (χ0v) is 11.3. The Hall–Kier alpha value is -1.87. The minimum absolute atomic E-state index is 0.221. The fraction of sp³-hybridized carbons (Fsp3) is 0.267. The van der Waals surface area contributed by atoms with Gasteiger partial charge in [0.15, 0.2) is 0 Å². The molecule has 2 rings (SSSR count). The lowest BCUT2D eigenvalue weighted by atomic mass is 10.1. The van der Waals surface area contributed by atoms with Gasteiger partial charge in [0.05, 0.1) is 34.2 Å². The van der Waals surface area contributed by atoms with Crippen LogP contribution in [0, 0.1) is 0 Å². The van der Waals surface area contributed by atoms with Crippen molar-refractivity contribution in [2.75, 3.05) is 28.2 Å². The minimum atomic E-state index is -1.13. The van der Waals surface area contributed by atoms with Gasteiger partial charge in [0.1, 0.15) is 0 Å². The molecule has 0 aliphatic carbocycles. The molecule has 96 valence electrons. The number of carboxylic acid groups (broad SMARTS) is 1. The number of fused-ring (bicyclic) bond motifs is 1. The van der Waals surface area contributed by atoms with E-state index in [1.165, 1.54) is 0 Å². The largest absolute Gasteiger partial charge is 0.545 e. The van der Waals surface area contributed by atoms with E-state index in [4.69, 9.17) is 0 Å². The Kier molecular flexibility index (Phi) is 4.45. The third-order valence-corrected chi connectivity index (χ3v) is 1.99. The molecule has 0 saturated heterocycles. The Morgan fingerprint density at radius 3 is 1.94 bits per heavy atom. The van der Waals surface area contributed by atoms with Crippen molar-refractivity contribution in [2.24, 2.45) is 0 Å². The minimum Gasteiger partial charge on any atom is -0.545 e. The Balaban J connectivity index is 0.000000280. The molecule has 0 aromatic heterocycles. The maximum atomic E-state index is 10.5. The van der Waals surface area contributed by atoms with Crippen molar-refractivity contribution in [1.82, 2.24) is 0 Å². The second-order valence-corrected chi connectivity index (χ2v) is 5.53. The van der Waals surface area contributed by atoms with Crippen molar-refractivity contribution in [3.05, 3.63) is 48.0 Å². The number of aromatic carboxylic acids is 1. The van der Waals surface area contributed by atoms with Gasteiger partial charge in [0.2, 0.25) is 0 Å². The molecule has 0 aliphatic heterocycles. The fourth-order valence-electron chi connectivity index (χ4n) is 1.32. The van der Waals surface area contributed by atoms with Crippen molar-refractivity contribution >= 4 is 16.7 Å². The first-order valence-electron chi connectivity index (χ1n) is 5.76. The van der Waals surface area contributed by atoms with E-state index >= 15 is 0 Å². The van der Waals surface area contributed by atoms with E-state index in [1.54, 1.807) is 18.2 Å². The first-order valence-corrected chi connectivity index (χ1v) is 5.76. The van der Waals surface area contributed by atoms with Gasteiger partial charge in [-0.1, -0.05) is 36.4 Å². The van der Waals surface area contributed by atoms with Gasteiger partial charge in [0.25, 0.3) is 0 Å². The van der Waals surface area contributed by atoms with Crippen LogP contribution in [0.25, 0.3) is 10.8 Å². The highest BCUT2D eigenvalue weighted by atomic mass is 16.4. The summed E-state index contributed by atoms with van der Waals surface area (Å²) in [4.78, 5) is 10.5. The average Bonchev–Trinajstić information content (AvgIpc) is 2.26. The quantitative estimate of drug-likeness (QED) is 0.715. The summed E-state index contributed by atoms with van der Waals surface area (Å²) in [5.74, 6) is -1.13. The number of carbonyl (C=O) groups is 1. The number of benzene rings is 2. The van der Waals surface area contributed by atoms with Crippen molar-refractivity contribution in [1.29, 1.82) is 0 Å². The van der Waals surface area contributed by atoms with Gasteiger partial charge in [-0.25, -0.2) is 0 Å². The molecule has 0 fully saturated rings. The SMILES string of the molecule is C[N+](C)(C)C.O=C([O-])c1ccc2ccccc2c1. The van der Waals surface area contributed by atoms with Gasteiger partial charge >= 0.3 is 0 Å². The summed E-state index contributed by atoms with van der Waals surface area (Å²) in [7, 11) is 8.50. The Morgan fingerprint density at radius 1 is 0.944 bits per heavy atom. The molecular formula is C15H19NO2. The standard InChI is InChI=1S/C11H8O2.C4H12N/c12-11(13)10-6-5-8-3-1-2-4-9(8)7-10;1-5(2,3)4/h1-7H,(H,12,13);1-4H3/q;+1/p-1. The Morgan fingerprint density at radius 2 is 1.44 bits per heavy atom. The zero-order valence-electron chi connectivity index (χ0n) is 11.3. The molecule has 0 bridgehead atoms. The van der Waals surface area contributed by atoms with Gasteiger partial charge in [-0.2, -0.15) is 0 Å². The third kappa shape index (κ3) is 4.97. The predicted molar refractivity (Wildman–Crippen MR) is 72.2 cm³/mol. The first-order chi connectivity index (χ1) is 8.27. The summed E-state index contributed by atoms with van der Waals surface area (Å²) < 4.78 is 1.00. The molecular weight excluding hydrogens is 226 g/mol. The van der Waals surface area contributed by atoms with Crippen LogP contribution in [0.5, 0.6) is 0 Å². The molecule has 0 heterocycles. The smallest absolute Gasteiger partial charge is 0.0715 e. The summed E-state index contributed by atoms with van der Waals surface area (Å²) in [6, 6.07) is 12.6. The van der Waals surface area contributed by atoms with Gasteiger partial charge < -0.3 is 14.4 Å². The first kappa shape index (κ1) is 14.2. The van der Waals surface area contributed by atoms with Crippen molar-refractivity contribution in [2.45, 2.75) is 0 Å². The molecule has 3 nitrogen and oxygen atoms in total. The summed E-state index contributed by atoms with van der Waals surface area (Å²) >= 11 is 0. The molecule has 0 amide bonds. The van der Waals surface area contributed by atoms with Crippen molar-refractivity contribution < 1.29 is 14.4 Å². The predicted octanol–water partition coefficient (Wildman–Crippen LogP) is 1.53. The van der Waals surface area contributed by atoms with E-state index in [2.05, 4.69) is 28.2 Å². The lowest BCUT2D eigenvalue weighted by Gasteiger charge is -2.14. The van der Waals surface area contributed by atoms with E-state index in [1.807, 2.05) is 24.3 Å². The molecule has 0 saturated carbocycles. The van der Waals surface area contributed by atoms with Crippen LogP contribution in [0.15, 0.2) is 42.5 Å². The Bertz CT molecular complexity index is 535. The third-order valence-electron chi connectivity index (χ3n) is 1.99. The molecule has 18 heavy (non-hydrogen) atoms. The lowest BCUT2D eigenvalue weighted by Crippen LogP contribution is -2.27. The van der Waals surface area contributed by atoms with Gasteiger partial charge in [-0.3, -0.25) is 0 Å². The second-order valence-electron chi connectivity index (χ2n) is 5.53. The number of carbonyl (C=O) groups excluding carboxylic acids is 1. The van der Waals surface area contributed by atoms with Crippen LogP contribution in [0.3, 0.4) is 0 Å². The van der Waals surface area contributed by atoms with Crippen LogP contribution >= 0.6 is 0 Å². The monoisotopic (exact) mass is 245 g/mol. The van der Waals surface area contributed by atoms with Crippen LogP contribution < -0.4 is 5.11 Å². The molecule has 0 aliphatic rings. The van der Waals surface area contributed by atoms with Crippen molar-refractivity contribution in [3.63, 3.8) is 0 Å².